The van der Waals surface area contributed by atoms with Gasteiger partial charge in [0, 0.05) is 20.2 Å². The third-order valence-electron chi connectivity index (χ3n) is 2.83. The lowest BCUT2D eigenvalue weighted by Crippen LogP contribution is -2.26. The van der Waals surface area contributed by atoms with E-state index in [4.69, 9.17) is 4.74 Å². The van der Waals surface area contributed by atoms with Crippen LogP contribution in [0.5, 0.6) is 0 Å². The highest BCUT2D eigenvalue weighted by atomic mass is 16.5. The minimum Gasteiger partial charge on any atom is -0.469 e. The number of ether oxygens (including phenoxy) is 2. The molecule has 0 bridgehead atoms. The quantitative estimate of drug-likeness (QED) is 0.747. The standard InChI is InChI=1S/C14H21NO3/c1-11(17-2)9-15-10-13-7-5-4-6-12(13)8-14(16)18-3/h4-7,11,15H,8-10H2,1-3H3. The molecule has 0 aromatic heterocycles. The molecule has 0 saturated heterocycles. The average Bonchev–Trinajstić information content (AvgIpc) is 2.40. The predicted octanol–water partition coefficient (Wildman–Crippen LogP) is 1.53. The molecule has 100 valence electrons. The summed E-state index contributed by atoms with van der Waals surface area (Å²) in [7, 11) is 3.10. The van der Waals surface area contributed by atoms with E-state index in [2.05, 4.69) is 10.1 Å². The lowest BCUT2D eigenvalue weighted by Gasteiger charge is -2.13. The first-order valence-corrected chi connectivity index (χ1v) is 6.04. The molecule has 0 saturated carbocycles. The van der Waals surface area contributed by atoms with E-state index in [1.807, 2.05) is 31.2 Å². The number of hydrogen-bond donors (Lipinski definition) is 1. The van der Waals surface area contributed by atoms with Crippen LogP contribution in [0.3, 0.4) is 0 Å². The van der Waals surface area contributed by atoms with Crippen molar-refractivity contribution < 1.29 is 14.3 Å². The summed E-state index contributed by atoms with van der Waals surface area (Å²) in [4.78, 5) is 11.3. The van der Waals surface area contributed by atoms with Gasteiger partial charge in [0.15, 0.2) is 0 Å². The van der Waals surface area contributed by atoms with Crippen molar-refractivity contribution >= 4 is 5.97 Å². The maximum Gasteiger partial charge on any atom is 0.309 e. The van der Waals surface area contributed by atoms with Crippen molar-refractivity contribution in [2.24, 2.45) is 0 Å². The summed E-state index contributed by atoms with van der Waals surface area (Å²) in [6, 6.07) is 7.87. The summed E-state index contributed by atoms with van der Waals surface area (Å²) < 4.78 is 9.85. The third kappa shape index (κ3) is 4.85. The van der Waals surface area contributed by atoms with Crippen molar-refractivity contribution in [1.82, 2.24) is 5.32 Å². The number of methoxy groups -OCH3 is 2. The molecule has 0 heterocycles. The van der Waals surface area contributed by atoms with E-state index >= 15 is 0 Å². The first kappa shape index (κ1) is 14.7. The molecule has 1 atom stereocenters. The van der Waals surface area contributed by atoms with Gasteiger partial charge in [-0.15, -0.1) is 0 Å². The molecule has 0 radical (unpaired) electrons. The van der Waals surface area contributed by atoms with Gasteiger partial charge in [0.2, 0.25) is 0 Å². The van der Waals surface area contributed by atoms with Crippen molar-refractivity contribution in [3.05, 3.63) is 35.4 Å². The number of hydrogen-bond acceptors (Lipinski definition) is 4. The monoisotopic (exact) mass is 251 g/mol. The fraction of sp³-hybridized carbons (Fsp3) is 0.500. The Bertz CT molecular complexity index is 379. The highest BCUT2D eigenvalue weighted by molar-refractivity contribution is 5.72. The molecule has 4 nitrogen and oxygen atoms in total. The van der Waals surface area contributed by atoms with Gasteiger partial charge in [-0.2, -0.15) is 0 Å². The summed E-state index contributed by atoms with van der Waals surface area (Å²) >= 11 is 0. The first-order valence-electron chi connectivity index (χ1n) is 6.04. The Labute approximate surface area is 108 Å². The molecule has 1 unspecified atom stereocenters. The van der Waals surface area contributed by atoms with Gasteiger partial charge in [0.1, 0.15) is 0 Å². The average molecular weight is 251 g/mol. The lowest BCUT2D eigenvalue weighted by atomic mass is 10.0. The number of nitrogens with one attached hydrogen (secondary N) is 1. The molecule has 18 heavy (non-hydrogen) atoms. The second-order valence-electron chi connectivity index (χ2n) is 4.20. The van der Waals surface area contributed by atoms with E-state index in [-0.39, 0.29) is 12.1 Å². The topological polar surface area (TPSA) is 47.6 Å². The van der Waals surface area contributed by atoms with Gasteiger partial charge in [0.05, 0.1) is 19.6 Å². The largest absolute Gasteiger partial charge is 0.469 e. The maximum atomic E-state index is 11.3. The fourth-order valence-corrected chi connectivity index (χ4v) is 1.62. The van der Waals surface area contributed by atoms with Crippen LogP contribution in [0.4, 0.5) is 0 Å². The van der Waals surface area contributed by atoms with E-state index in [0.717, 1.165) is 24.2 Å². The van der Waals surface area contributed by atoms with E-state index < -0.39 is 0 Å². The van der Waals surface area contributed by atoms with Crippen LogP contribution < -0.4 is 5.32 Å². The minimum atomic E-state index is -0.215. The molecule has 1 aromatic rings. The van der Waals surface area contributed by atoms with Gasteiger partial charge in [0.25, 0.3) is 0 Å². The normalized spacial score (nSPS) is 12.2. The summed E-state index contributed by atoms with van der Waals surface area (Å²) in [6.07, 6.45) is 0.492. The number of esters is 1. The van der Waals surface area contributed by atoms with E-state index in [1.165, 1.54) is 7.11 Å². The van der Waals surface area contributed by atoms with Crippen molar-refractivity contribution in [1.29, 1.82) is 0 Å². The second-order valence-corrected chi connectivity index (χ2v) is 4.20. The molecule has 1 N–H and O–H groups in total. The number of benzene rings is 1. The van der Waals surface area contributed by atoms with Gasteiger partial charge in [-0.25, -0.2) is 0 Å². The van der Waals surface area contributed by atoms with Crippen molar-refractivity contribution in [2.75, 3.05) is 20.8 Å². The highest BCUT2D eigenvalue weighted by Gasteiger charge is 2.07. The Morgan fingerprint density at radius 3 is 2.56 bits per heavy atom. The molecule has 0 aliphatic heterocycles. The fourth-order valence-electron chi connectivity index (χ4n) is 1.62. The Hall–Kier alpha value is -1.39. The van der Waals surface area contributed by atoms with Crippen LogP contribution in [0.25, 0.3) is 0 Å². The van der Waals surface area contributed by atoms with Crippen molar-refractivity contribution in [2.45, 2.75) is 26.0 Å². The smallest absolute Gasteiger partial charge is 0.309 e. The van der Waals surface area contributed by atoms with Crippen LogP contribution in [0, 0.1) is 0 Å². The molecule has 0 spiro atoms. The molecule has 1 rings (SSSR count). The molecular formula is C14H21NO3. The third-order valence-corrected chi connectivity index (χ3v) is 2.83. The summed E-state index contributed by atoms with van der Waals surface area (Å²) in [5.74, 6) is -0.215. The predicted molar refractivity (Wildman–Crippen MR) is 70.3 cm³/mol. The minimum absolute atomic E-state index is 0.178. The van der Waals surface area contributed by atoms with Gasteiger partial charge < -0.3 is 14.8 Å². The Morgan fingerprint density at radius 1 is 1.28 bits per heavy atom. The summed E-state index contributed by atoms with van der Waals surface area (Å²) in [5.41, 5.74) is 2.12. The number of carbonyl (C=O) groups is 1. The van der Waals surface area contributed by atoms with Crippen LogP contribution in [0.1, 0.15) is 18.1 Å². The molecule has 0 fully saturated rings. The second kappa shape index (κ2) is 7.84. The summed E-state index contributed by atoms with van der Waals surface area (Å²) in [6.45, 7) is 3.51. The van der Waals surface area contributed by atoms with Crippen molar-refractivity contribution in [3.8, 4) is 0 Å². The zero-order chi connectivity index (χ0) is 13.4. The zero-order valence-corrected chi connectivity index (χ0v) is 11.2. The number of rotatable bonds is 7. The number of carbonyl (C=O) groups excluding carboxylic acids is 1. The molecule has 4 heteroatoms. The zero-order valence-electron chi connectivity index (χ0n) is 11.2. The molecular weight excluding hydrogens is 230 g/mol. The first-order chi connectivity index (χ1) is 8.67. The summed E-state index contributed by atoms with van der Waals surface area (Å²) in [5, 5.41) is 3.31. The molecule has 1 aromatic carbocycles. The Balaban J connectivity index is 2.56. The van der Waals surface area contributed by atoms with Gasteiger partial charge in [-0.3, -0.25) is 4.79 Å². The Morgan fingerprint density at radius 2 is 1.94 bits per heavy atom. The van der Waals surface area contributed by atoms with Crippen LogP contribution in [-0.2, 0) is 27.2 Å². The van der Waals surface area contributed by atoms with Gasteiger partial charge in [-0.1, -0.05) is 24.3 Å². The lowest BCUT2D eigenvalue weighted by molar-refractivity contribution is -0.139. The van der Waals surface area contributed by atoms with Crippen molar-refractivity contribution in [3.63, 3.8) is 0 Å². The van der Waals surface area contributed by atoms with Gasteiger partial charge in [-0.05, 0) is 18.1 Å². The van der Waals surface area contributed by atoms with Crippen LogP contribution >= 0.6 is 0 Å². The van der Waals surface area contributed by atoms with Crippen LogP contribution in [-0.4, -0.2) is 32.8 Å². The SMILES string of the molecule is COC(=O)Cc1ccccc1CNCC(C)OC. The molecule has 0 aliphatic carbocycles. The Kier molecular flexibility index (Phi) is 6.39. The van der Waals surface area contributed by atoms with Crippen LogP contribution in [0.15, 0.2) is 24.3 Å². The highest BCUT2D eigenvalue weighted by Crippen LogP contribution is 2.10. The van der Waals surface area contributed by atoms with E-state index in [1.54, 1.807) is 7.11 Å². The van der Waals surface area contributed by atoms with E-state index in [0.29, 0.717) is 6.42 Å². The van der Waals surface area contributed by atoms with Crippen LogP contribution in [0.2, 0.25) is 0 Å². The van der Waals surface area contributed by atoms with Gasteiger partial charge >= 0.3 is 5.97 Å². The molecule has 0 aliphatic rings. The maximum absolute atomic E-state index is 11.3. The molecule has 0 amide bonds. The van der Waals surface area contributed by atoms with E-state index in [9.17, 15) is 4.79 Å².